The van der Waals surface area contributed by atoms with Crippen molar-refractivity contribution in [2.45, 2.75) is 39.0 Å². The van der Waals surface area contributed by atoms with Crippen molar-refractivity contribution in [3.8, 4) is 0 Å². The van der Waals surface area contributed by atoms with E-state index >= 15 is 0 Å². The van der Waals surface area contributed by atoms with Crippen molar-refractivity contribution in [1.82, 2.24) is 0 Å². The average Bonchev–Trinajstić information content (AvgIpc) is 2.30. The molecule has 0 aromatic heterocycles. The lowest BCUT2D eigenvalue weighted by molar-refractivity contribution is 0.133. The Bertz CT molecular complexity index is 251. The van der Waals surface area contributed by atoms with Crippen molar-refractivity contribution < 1.29 is 4.74 Å². The smallest absolute Gasteiger partial charge is 0.158 e. The van der Waals surface area contributed by atoms with Crippen molar-refractivity contribution in [3.05, 3.63) is 11.8 Å². The SMILES string of the molecule is CCCCCCOCCC1=CN=C(N)SC1. The third-order valence-electron chi connectivity index (χ3n) is 2.49. The van der Waals surface area contributed by atoms with Crippen molar-refractivity contribution >= 4 is 16.9 Å². The molecule has 0 aliphatic carbocycles. The molecule has 1 aliphatic rings. The molecule has 0 unspecified atom stereocenters. The first-order valence-corrected chi connectivity index (χ1v) is 7.03. The number of amidine groups is 1. The third-order valence-corrected chi connectivity index (χ3v) is 3.41. The summed E-state index contributed by atoms with van der Waals surface area (Å²) in [4.78, 5) is 4.09. The number of nitrogens with two attached hydrogens (primary N) is 1. The summed E-state index contributed by atoms with van der Waals surface area (Å²) in [5.41, 5.74) is 6.88. The fraction of sp³-hybridized carbons (Fsp3) is 0.750. The second-order valence-corrected chi connectivity index (χ2v) is 4.96. The minimum Gasteiger partial charge on any atom is -0.381 e. The Morgan fingerprint density at radius 1 is 1.38 bits per heavy atom. The van der Waals surface area contributed by atoms with Crippen LogP contribution in [0.5, 0.6) is 0 Å². The molecule has 2 N–H and O–H groups in total. The molecule has 1 rings (SSSR count). The highest BCUT2D eigenvalue weighted by atomic mass is 32.2. The molecule has 0 fully saturated rings. The highest BCUT2D eigenvalue weighted by Crippen LogP contribution is 2.16. The molecule has 1 aliphatic heterocycles. The third kappa shape index (κ3) is 6.18. The van der Waals surface area contributed by atoms with Crippen LogP contribution in [0.1, 0.15) is 39.0 Å². The van der Waals surface area contributed by atoms with Gasteiger partial charge in [0, 0.05) is 18.6 Å². The van der Waals surface area contributed by atoms with Gasteiger partial charge in [-0.1, -0.05) is 37.9 Å². The van der Waals surface area contributed by atoms with E-state index in [1.807, 2.05) is 6.20 Å². The van der Waals surface area contributed by atoms with Crippen molar-refractivity contribution in [1.29, 1.82) is 0 Å². The summed E-state index contributed by atoms with van der Waals surface area (Å²) in [7, 11) is 0. The maximum absolute atomic E-state index is 5.58. The van der Waals surface area contributed by atoms with Gasteiger partial charge in [-0.25, -0.2) is 4.99 Å². The Morgan fingerprint density at radius 3 is 2.94 bits per heavy atom. The second-order valence-electron chi connectivity index (χ2n) is 3.97. The zero-order valence-electron chi connectivity index (χ0n) is 10.1. The standard InChI is InChI=1S/C12H22N2OS/c1-2-3-4-5-7-15-8-6-11-9-14-12(13)16-10-11/h9H,2-8,10H2,1H3,(H2,13,14). The summed E-state index contributed by atoms with van der Waals surface area (Å²) in [6.45, 7) is 3.93. The Balaban J connectivity index is 1.95. The van der Waals surface area contributed by atoms with E-state index in [4.69, 9.17) is 10.5 Å². The van der Waals surface area contributed by atoms with Crippen molar-refractivity contribution in [2.75, 3.05) is 19.0 Å². The van der Waals surface area contributed by atoms with E-state index in [1.165, 1.54) is 31.3 Å². The molecule has 4 heteroatoms. The molecule has 0 saturated heterocycles. The van der Waals surface area contributed by atoms with Gasteiger partial charge in [0.15, 0.2) is 5.17 Å². The molecule has 0 saturated carbocycles. The summed E-state index contributed by atoms with van der Waals surface area (Å²) >= 11 is 1.60. The maximum atomic E-state index is 5.58. The molecule has 0 spiro atoms. The Kier molecular flexibility index (Phi) is 7.34. The predicted molar refractivity (Wildman–Crippen MR) is 71.7 cm³/mol. The van der Waals surface area contributed by atoms with Crippen LogP contribution in [-0.2, 0) is 4.74 Å². The molecule has 0 atom stereocenters. The topological polar surface area (TPSA) is 47.6 Å². The fourth-order valence-electron chi connectivity index (χ4n) is 1.47. The highest BCUT2D eigenvalue weighted by molar-refractivity contribution is 8.14. The molecular weight excluding hydrogens is 220 g/mol. The first-order valence-electron chi connectivity index (χ1n) is 6.04. The lowest BCUT2D eigenvalue weighted by Gasteiger charge is -2.10. The van der Waals surface area contributed by atoms with Crippen LogP contribution in [0.25, 0.3) is 0 Å². The van der Waals surface area contributed by atoms with E-state index in [9.17, 15) is 0 Å². The summed E-state index contributed by atoms with van der Waals surface area (Å²) in [5, 5.41) is 0.671. The van der Waals surface area contributed by atoms with Gasteiger partial charge in [0.1, 0.15) is 0 Å². The number of hydrogen-bond donors (Lipinski definition) is 1. The van der Waals surface area contributed by atoms with Gasteiger partial charge in [-0.3, -0.25) is 0 Å². The quantitative estimate of drug-likeness (QED) is 0.666. The highest BCUT2D eigenvalue weighted by Gasteiger charge is 2.05. The summed E-state index contributed by atoms with van der Waals surface area (Å²) in [6, 6.07) is 0. The number of nitrogens with zero attached hydrogens (tertiary/aromatic N) is 1. The summed E-state index contributed by atoms with van der Waals surface area (Å²) < 4.78 is 5.58. The Labute approximate surface area is 103 Å². The van der Waals surface area contributed by atoms with Crippen LogP contribution in [0.2, 0.25) is 0 Å². The monoisotopic (exact) mass is 242 g/mol. The lowest BCUT2D eigenvalue weighted by atomic mass is 10.2. The van der Waals surface area contributed by atoms with Crippen LogP contribution < -0.4 is 5.73 Å². The normalized spacial score (nSPS) is 15.8. The molecule has 0 aromatic carbocycles. The number of hydrogen-bond acceptors (Lipinski definition) is 4. The van der Waals surface area contributed by atoms with Gasteiger partial charge in [-0.15, -0.1) is 0 Å². The first-order chi connectivity index (χ1) is 7.83. The zero-order valence-corrected chi connectivity index (χ0v) is 10.9. The second kappa shape index (κ2) is 8.65. The van der Waals surface area contributed by atoms with E-state index in [0.29, 0.717) is 5.17 Å². The minimum absolute atomic E-state index is 0.671. The van der Waals surface area contributed by atoms with Gasteiger partial charge in [0.2, 0.25) is 0 Å². The largest absolute Gasteiger partial charge is 0.381 e. The van der Waals surface area contributed by atoms with Crippen LogP contribution in [0, 0.1) is 0 Å². The molecule has 0 radical (unpaired) electrons. The van der Waals surface area contributed by atoms with Gasteiger partial charge in [-0.2, -0.15) is 0 Å². The van der Waals surface area contributed by atoms with Crippen molar-refractivity contribution in [3.63, 3.8) is 0 Å². The first kappa shape index (κ1) is 13.6. The van der Waals surface area contributed by atoms with Gasteiger partial charge >= 0.3 is 0 Å². The molecular formula is C12H22N2OS. The minimum atomic E-state index is 0.671. The fourth-order valence-corrected chi connectivity index (χ4v) is 2.15. The molecule has 3 nitrogen and oxygen atoms in total. The van der Waals surface area contributed by atoms with E-state index < -0.39 is 0 Å². The molecule has 1 heterocycles. The van der Waals surface area contributed by atoms with E-state index in [-0.39, 0.29) is 0 Å². The molecule has 0 bridgehead atoms. The number of thioether (sulfide) groups is 1. The maximum Gasteiger partial charge on any atom is 0.158 e. The Morgan fingerprint density at radius 2 is 2.25 bits per heavy atom. The van der Waals surface area contributed by atoms with Crippen LogP contribution in [0.15, 0.2) is 16.8 Å². The van der Waals surface area contributed by atoms with Gasteiger partial charge in [0.25, 0.3) is 0 Å². The van der Waals surface area contributed by atoms with Crippen LogP contribution in [0.3, 0.4) is 0 Å². The average molecular weight is 242 g/mol. The zero-order chi connectivity index (χ0) is 11.6. The van der Waals surface area contributed by atoms with E-state index in [2.05, 4.69) is 11.9 Å². The van der Waals surface area contributed by atoms with Gasteiger partial charge in [-0.05, 0) is 18.4 Å². The van der Waals surface area contributed by atoms with E-state index in [0.717, 1.165) is 25.4 Å². The Hall–Kier alpha value is -0.480. The van der Waals surface area contributed by atoms with Gasteiger partial charge in [0.05, 0.1) is 6.61 Å². The molecule has 0 amide bonds. The number of unbranched alkanes of at least 4 members (excludes halogenated alkanes) is 3. The summed E-state index contributed by atoms with van der Waals surface area (Å²) in [5.74, 6) is 0.967. The predicted octanol–water partition coefficient (Wildman–Crippen LogP) is 2.92. The lowest BCUT2D eigenvalue weighted by Crippen LogP contribution is -2.11. The van der Waals surface area contributed by atoms with Crippen molar-refractivity contribution in [2.24, 2.45) is 10.7 Å². The van der Waals surface area contributed by atoms with Crippen LogP contribution in [0.4, 0.5) is 0 Å². The number of aliphatic imine (C=N–C) groups is 1. The molecule has 0 aromatic rings. The van der Waals surface area contributed by atoms with Gasteiger partial charge < -0.3 is 10.5 Å². The number of ether oxygens (including phenoxy) is 1. The van der Waals surface area contributed by atoms with E-state index in [1.54, 1.807) is 11.8 Å². The molecule has 16 heavy (non-hydrogen) atoms. The van der Waals surface area contributed by atoms with Crippen LogP contribution >= 0.6 is 11.8 Å². The summed E-state index contributed by atoms with van der Waals surface area (Å²) in [6.07, 6.45) is 7.94. The molecule has 92 valence electrons. The van der Waals surface area contributed by atoms with Crippen LogP contribution in [-0.4, -0.2) is 24.1 Å². The number of rotatable bonds is 8.